The fraction of sp³-hybridized carbons (Fsp3) is 0.100. The number of benzene rings is 2. The van der Waals surface area contributed by atoms with E-state index in [4.69, 9.17) is 0 Å². The van der Waals surface area contributed by atoms with Crippen LogP contribution in [0.25, 0.3) is 11.3 Å². The molecular weight excluding hydrogens is 380 g/mol. The highest BCUT2D eigenvalue weighted by atomic mass is 79.9. The van der Waals surface area contributed by atoms with Gasteiger partial charge in [0.05, 0.1) is 6.04 Å². The number of H-pyrrole nitrogens is 1. The number of pyridine rings is 1. The monoisotopic (exact) mass is 396 g/mol. The molecule has 4 nitrogen and oxygen atoms in total. The highest BCUT2D eigenvalue weighted by Crippen LogP contribution is 2.17. The summed E-state index contributed by atoms with van der Waals surface area (Å²) < 4.78 is 0.975. The third-order valence-corrected chi connectivity index (χ3v) is 4.49. The Balaban J connectivity index is 1.78. The van der Waals surface area contributed by atoms with Gasteiger partial charge in [-0.15, -0.1) is 0 Å². The van der Waals surface area contributed by atoms with E-state index in [1.807, 2.05) is 61.5 Å². The standard InChI is InChI=1S/C20H17BrN2O2/c1-13(14-7-9-16(21)10-8-14)22-19(24)17-11-12-18(23-20(17)25)15-5-3-2-4-6-15/h2-13H,1H3,(H,22,24)(H,23,25). The predicted molar refractivity (Wildman–Crippen MR) is 103 cm³/mol. The number of carbonyl (C=O) groups excluding carboxylic acids is 1. The lowest BCUT2D eigenvalue weighted by molar-refractivity contribution is 0.0938. The molecule has 0 saturated carbocycles. The highest BCUT2D eigenvalue weighted by Gasteiger charge is 2.15. The zero-order valence-corrected chi connectivity index (χ0v) is 15.2. The van der Waals surface area contributed by atoms with Crippen molar-refractivity contribution >= 4 is 21.8 Å². The van der Waals surface area contributed by atoms with Gasteiger partial charge < -0.3 is 10.3 Å². The minimum atomic E-state index is -0.401. The first-order chi connectivity index (χ1) is 12.0. The van der Waals surface area contributed by atoms with E-state index in [9.17, 15) is 9.59 Å². The first-order valence-electron chi connectivity index (χ1n) is 7.89. The normalized spacial score (nSPS) is 11.8. The smallest absolute Gasteiger partial charge is 0.261 e. The van der Waals surface area contributed by atoms with Crippen molar-refractivity contribution < 1.29 is 4.79 Å². The van der Waals surface area contributed by atoms with Crippen LogP contribution in [0.2, 0.25) is 0 Å². The summed E-state index contributed by atoms with van der Waals surface area (Å²) in [5.74, 6) is -0.392. The van der Waals surface area contributed by atoms with Gasteiger partial charge in [0.25, 0.3) is 11.5 Å². The average molecular weight is 397 g/mol. The summed E-state index contributed by atoms with van der Waals surface area (Å²) in [4.78, 5) is 27.5. The molecule has 1 atom stereocenters. The van der Waals surface area contributed by atoms with Crippen molar-refractivity contribution in [2.45, 2.75) is 13.0 Å². The maximum Gasteiger partial charge on any atom is 0.261 e. The molecule has 1 amide bonds. The number of aromatic nitrogens is 1. The van der Waals surface area contributed by atoms with E-state index in [2.05, 4.69) is 26.2 Å². The highest BCUT2D eigenvalue weighted by molar-refractivity contribution is 9.10. The van der Waals surface area contributed by atoms with Crippen molar-refractivity contribution in [3.05, 3.63) is 92.7 Å². The summed E-state index contributed by atoms with van der Waals surface area (Å²) >= 11 is 3.38. The maximum absolute atomic E-state index is 12.4. The third-order valence-electron chi connectivity index (χ3n) is 3.96. The Hall–Kier alpha value is -2.66. The summed E-state index contributed by atoms with van der Waals surface area (Å²) in [7, 11) is 0. The minimum Gasteiger partial charge on any atom is -0.345 e. The molecule has 0 fully saturated rings. The fourth-order valence-electron chi connectivity index (χ4n) is 2.55. The van der Waals surface area contributed by atoms with Crippen LogP contribution in [0.5, 0.6) is 0 Å². The molecule has 126 valence electrons. The molecule has 1 heterocycles. The Morgan fingerprint density at radius 1 is 1.00 bits per heavy atom. The molecule has 3 rings (SSSR count). The lowest BCUT2D eigenvalue weighted by atomic mass is 10.1. The molecule has 0 saturated heterocycles. The predicted octanol–water partition coefficient (Wildman–Crippen LogP) is 4.30. The topological polar surface area (TPSA) is 62.0 Å². The molecule has 1 aromatic heterocycles. The number of halogens is 1. The van der Waals surface area contributed by atoms with Crippen LogP contribution in [0, 0.1) is 0 Å². The lowest BCUT2D eigenvalue weighted by Gasteiger charge is -2.14. The molecular formula is C20H17BrN2O2. The molecule has 5 heteroatoms. The van der Waals surface area contributed by atoms with E-state index < -0.39 is 11.5 Å². The van der Waals surface area contributed by atoms with Gasteiger partial charge in [-0.2, -0.15) is 0 Å². The van der Waals surface area contributed by atoms with E-state index in [1.165, 1.54) is 0 Å². The molecule has 2 N–H and O–H groups in total. The summed E-state index contributed by atoms with van der Waals surface area (Å²) in [6.07, 6.45) is 0. The molecule has 0 aliphatic heterocycles. The van der Waals surface area contributed by atoms with Crippen molar-refractivity contribution in [2.75, 3.05) is 0 Å². The molecule has 3 aromatic rings. The quantitative estimate of drug-likeness (QED) is 0.690. The van der Waals surface area contributed by atoms with Crippen LogP contribution in [0.4, 0.5) is 0 Å². The number of hydrogen-bond acceptors (Lipinski definition) is 2. The lowest BCUT2D eigenvalue weighted by Crippen LogP contribution is -2.31. The van der Waals surface area contributed by atoms with E-state index >= 15 is 0 Å². The van der Waals surface area contributed by atoms with Crippen LogP contribution < -0.4 is 10.9 Å². The van der Waals surface area contributed by atoms with E-state index in [1.54, 1.807) is 12.1 Å². The second kappa shape index (κ2) is 7.49. The van der Waals surface area contributed by atoms with Gasteiger partial charge >= 0.3 is 0 Å². The molecule has 0 bridgehead atoms. The van der Waals surface area contributed by atoms with Gasteiger partial charge in [-0.1, -0.05) is 58.4 Å². The minimum absolute atomic E-state index is 0.101. The van der Waals surface area contributed by atoms with Gasteiger partial charge in [0.15, 0.2) is 0 Å². The van der Waals surface area contributed by atoms with Crippen molar-refractivity contribution in [1.82, 2.24) is 10.3 Å². The van der Waals surface area contributed by atoms with Crippen molar-refractivity contribution in [3.8, 4) is 11.3 Å². The summed E-state index contributed by atoms with van der Waals surface area (Å²) in [5, 5.41) is 2.86. The van der Waals surface area contributed by atoms with Gasteiger partial charge in [0, 0.05) is 10.2 Å². The number of nitrogens with one attached hydrogen (secondary N) is 2. The van der Waals surface area contributed by atoms with Crippen LogP contribution in [-0.2, 0) is 0 Å². The number of amides is 1. The Labute approximate surface area is 154 Å². The second-order valence-corrected chi connectivity index (χ2v) is 6.64. The molecule has 25 heavy (non-hydrogen) atoms. The Morgan fingerprint density at radius 3 is 2.32 bits per heavy atom. The van der Waals surface area contributed by atoms with E-state index in [-0.39, 0.29) is 11.6 Å². The van der Waals surface area contributed by atoms with Crippen molar-refractivity contribution in [2.24, 2.45) is 0 Å². The largest absolute Gasteiger partial charge is 0.345 e. The first kappa shape index (κ1) is 17.2. The molecule has 0 radical (unpaired) electrons. The Bertz CT molecular complexity index is 934. The first-order valence-corrected chi connectivity index (χ1v) is 8.69. The van der Waals surface area contributed by atoms with Gasteiger partial charge in [0.2, 0.25) is 0 Å². The molecule has 0 aliphatic carbocycles. The number of carbonyl (C=O) groups is 1. The summed E-state index contributed by atoms with van der Waals surface area (Å²) in [6.45, 7) is 1.88. The second-order valence-electron chi connectivity index (χ2n) is 5.73. The van der Waals surface area contributed by atoms with E-state index in [0.29, 0.717) is 5.69 Å². The maximum atomic E-state index is 12.4. The van der Waals surface area contributed by atoms with Crippen molar-refractivity contribution in [1.29, 1.82) is 0 Å². The van der Waals surface area contributed by atoms with Gasteiger partial charge in [-0.3, -0.25) is 9.59 Å². The van der Waals surface area contributed by atoms with Crippen LogP contribution in [0.15, 0.2) is 76.0 Å². The third kappa shape index (κ3) is 4.06. The number of hydrogen-bond donors (Lipinski definition) is 2. The fourth-order valence-corrected chi connectivity index (χ4v) is 2.81. The summed E-state index contributed by atoms with van der Waals surface area (Å²) in [6, 6.07) is 20.3. The van der Waals surface area contributed by atoms with Crippen LogP contribution >= 0.6 is 15.9 Å². The van der Waals surface area contributed by atoms with Gasteiger partial charge in [-0.05, 0) is 42.3 Å². The SMILES string of the molecule is CC(NC(=O)c1ccc(-c2ccccc2)[nH]c1=O)c1ccc(Br)cc1. The number of aromatic amines is 1. The van der Waals surface area contributed by atoms with Crippen LogP contribution in [-0.4, -0.2) is 10.9 Å². The Morgan fingerprint density at radius 2 is 1.68 bits per heavy atom. The van der Waals surface area contributed by atoms with Gasteiger partial charge in [0.1, 0.15) is 5.56 Å². The van der Waals surface area contributed by atoms with E-state index in [0.717, 1.165) is 15.6 Å². The summed E-state index contributed by atoms with van der Waals surface area (Å²) in [5.41, 5.74) is 2.25. The Kier molecular flexibility index (Phi) is 5.14. The number of rotatable bonds is 4. The van der Waals surface area contributed by atoms with Gasteiger partial charge in [-0.25, -0.2) is 0 Å². The molecule has 0 aliphatic rings. The van der Waals surface area contributed by atoms with Crippen molar-refractivity contribution in [3.63, 3.8) is 0 Å². The molecule has 1 unspecified atom stereocenters. The zero-order chi connectivity index (χ0) is 17.8. The zero-order valence-electron chi connectivity index (χ0n) is 13.6. The van der Waals surface area contributed by atoms with Crippen LogP contribution in [0.1, 0.15) is 28.9 Å². The molecule has 2 aromatic carbocycles. The molecule has 0 spiro atoms. The average Bonchev–Trinajstić information content (AvgIpc) is 2.62. The van der Waals surface area contributed by atoms with Crippen LogP contribution in [0.3, 0.4) is 0 Å².